The summed E-state index contributed by atoms with van der Waals surface area (Å²) in [6.45, 7) is 1.53. The van der Waals surface area contributed by atoms with Crippen molar-refractivity contribution in [3.63, 3.8) is 0 Å². The zero-order valence-electron chi connectivity index (χ0n) is 16.5. The molecule has 0 radical (unpaired) electrons. The number of ether oxygens (including phenoxy) is 1. The Kier molecular flexibility index (Phi) is 5.51. The number of alkyl halides is 7. The van der Waals surface area contributed by atoms with Gasteiger partial charge in [0.2, 0.25) is 5.91 Å². The predicted molar refractivity (Wildman–Crippen MR) is 96.1 cm³/mol. The van der Waals surface area contributed by atoms with Gasteiger partial charge < -0.3 is 9.64 Å². The number of nitrogens with zero attached hydrogens (tertiary/aromatic N) is 1. The van der Waals surface area contributed by atoms with Gasteiger partial charge in [-0.05, 0) is 43.2 Å². The van der Waals surface area contributed by atoms with Gasteiger partial charge in [0.15, 0.2) is 0 Å². The number of fused-ring (bicyclic) bond motifs is 3. The van der Waals surface area contributed by atoms with E-state index in [2.05, 4.69) is 0 Å². The summed E-state index contributed by atoms with van der Waals surface area (Å²) in [5, 5.41) is 0. The van der Waals surface area contributed by atoms with Crippen LogP contribution in [-0.2, 0) is 21.6 Å². The summed E-state index contributed by atoms with van der Waals surface area (Å²) in [5.41, 5.74) is -5.98. The molecule has 1 aliphatic carbocycles. The summed E-state index contributed by atoms with van der Waals surface area (Å²) in [6.07, 6.45) is -9.79. The highest BCUT2D eigenvalue weighted by Gasteiger charge is 2.73. The zero-order valence-corrected chi connectivity index (χ0v) is 16.5. The molecular weight excluding hydrogens is 431 g/mol. The van der Waals surface area contributed by atoms with E-state index in [4.69, 9.17) is 4.74 Å². The van der Waals surface area contributed by atoms with Gasteiger partial charge in [-0.2, -0.15) is 26.3 Å². The molecule has 2 atom stereocenters. The number of aryl methyl sites for hydroxylation is 1. The van der Waals surface area contributed by atoms with E-state index in [1.165, 1.54) is 6.07 Å². The predicted octanol–water partition coefficient (Wildman–Crippen LogP) is 5.03. The number of benzene rings is 1. The van der Waals surface area contributed by atoms with Crippen molar-refractivity contribution in [1.29, 1.82) is 0 Å². The normalized spacial score (nSPS) is 25.3. The molecule has 10 heteroatoms. The van der Waals surface area contributed by atoms with Crippen molar-refractivity contribution in [2.75, 3.05) is 19.8 Å². The molecule has 31 heavy (non-hydrogen) atoms. The van der Waals surface area contributed by atoms with Crippen LogP contribution < -0.4 is 0 Å². The standard InChI is InChI=1S/C21H22F7NO2/c22-19(20(23,24)25,21(26,27)28)14-2-3-15-13(11-14)1-4-17-16(15)5-8-29(17)18(30)12-6-9-31-10-7-12/h2-3,11-12,16-17H,1,4-10H2/t16-,17+/m0/s1. The van der Waals surface area contributed by atoms with Crippen molar-refractivity contribution in [2.24, 2.45) is 5.92 Å². The molecule has 2 saturated heterocycles. The van der Waals surface area contributed by atoms with Crippen LogP contribution in [0.4, 0.5) is 30.7 Å². The van der Waals surface area contributed by atoms with E-state index < -0.39 is 23.6 Å². The maximum Gasteiger partial charge on any atom is 0.435 e. The minimum Gasteiger partial charge on any atom is -0.381 e. The molecule has 4 rings (SSSR count). The number of rotatable bonds is 2. The quantitative estimate of drug-likeness (QED) is 0.588. The molecule has 0 unspecified atom stereocenters. The average molecular weight is 453 g/mol. The van der Waals surface area contributed by atoms with Crippen molar-refractivity contribution in [1.82, 2.24) is 4.90 Å². The van der Waals surface area contributed by atoms with Gasteiger partial charge in [0.1, 0.15) is 0 Å². The van der Waals surface area contributed by atoms with E-state index in [9.17, 15) is 35.5 Å². The first-order valence-electron chi connectivity index (χ1n) is 10.3. The van der Waals surface area contributed by atoms with Gasteiger partial charge in [-0.1, -0.05) is 18.2 Å². The minimum absolute atomic E-state index is 0.0350. The summed E-state index contributed by atoms with van der Waals surface area (Å²) in [6, 6.07) is 2.32. The van der Waals surface area contributed by atoms with Gasteiger partial charge in [0.25, 0.3) is 0 Å². The second-order valence-electron chi connectivity index (χ2n) is 8.49. The van der Waals surface area contributed by atoms with E-state index in [-0.39, 0.29) is 35.8 Å². The lowest BCUT2D eigenvalue weighted by molar-refractivity contribution is -0.348. The molecule has 3 nitrogen and oxygen atoms in total. The van der Waals surface area contributed by atoms with Crippen molar-refractivity contribution >= 4 is 5.91 Å². The Labute approximate surface area is 174 Å². The van der Waals surface area contributed by atoms with Crippen LogP contribution in [0.3, 0.4) is 0 Å². The Bertz CT molecular complexity index is 831. The average Bonchev–Trinajstić information content (AvgIpc) is 3.15. The monoisotopic (exact) mass is 453 g/mol. The molecule has 0 spiro atoms. The van der Waals surface area contributed by atoms with Crippen molar-refractivity contribution in [2.45, 2.75) is 62.1 Å². The second kappa shape index (κ2) is 7.64. The lowest BCUT2D eigenvalue weighted by atomic mass is 9.77. The molecule has 0 N–H and O–H groups in total. The van der Waals surface area contributed by atoms with Crippen molar-refractivity contribution in [3.05, 3.63) is 34.9 Å². The molecule has 1 amide bonds. The highest BCUT2D eigenvalue weighted by Crippen LogP contribution is 2.54. The van der Waals surface area contributed by atoms with Crippen LogP contribution >= 0.6 is 0 Å². The van der Waals surface area contributed by atoms with Crippen LogP contribution in [0.2, 0.25) is 0 Å². The van der Waals surface area contributed by atoms with Gasteiger partial charge in [-0.25, -0.2) is 4.39 Å². The van der Waals surface area contributed by atoms with E-state index in [0.29, 0.717) is 63.1 Å². The second-order valence-corrected chi connectivity index (χ2v) is 8.49. The molecule has 0 saturated carbocycles. The summed E-state index contributed by atoms with van der Waals surface area (Å²) in [7, 11) is 0. The van der Waals surface area contributed by atoms with Crippen LogP contribution in [0.5, 0.6) is 0 Å². The number of hydrogen-bond acceptors (Lipinski definition) is 2. The maximum atomic E-state index is 14.4. The fraction of sp³-hybridized carbons (Fsp3) is 0.667. The molecule has 2 heterocycles. The lowest BCUT2D eigenvalue weighted by Crippen LogP contribution is -2.50. The number of halogens is 7. The number of likely N-dealkylation sites (tertiary alicyclic amines) is 1. The van der Waals surface area contributed by atoms with E-state index in [1.54, 1.807) is 0 Å². The van der Waals surface area contributed by atoms with Crippen LogP contribution in [0.1, 0.15) is 48.3 Å². The number of hydrogen-bond donors (Lipinski definition) is 0. The van der Waals surface area contributed by atoms with E-state index in [0.717, 1.165) is 0 Å². The van der Waals surface area contributed by atoms with E-state index >= 15 is 0 Å². The first-order valence-corrected chi connectivity index (χ1v) is 10.3. The number of carbonyl (C=O) groups excluding carboxylic acids is 1. The third-order valence-corrected chi connectivity index (χ3v) is 6.83. The zero-order chi connectivity index (χ0) is 22.6. The molecule has 3 aliphatic rings. The highest BCUT2D eigenvalue weighted by atomic mass is 19.4. The first-order chi connectivity index (χ1) is 14.4. The Morgan fingerprint density at radius 3 is 2.19 bits per heavy atom. The summed E-state index contributed by atoms with van der Waals surface area (Å²) in [5.74, 6) is -0.262. The molecule has 172 valence electrons. The Morgan fingerprint density at radius 2 is 1.58 bits per heavy atom. The van der Waals surface area contributed by atoms with Gasteiger partial charge in [-0.3, -0.25) is 4.79 Å². The number of carbonyl (C=O) groups is 1. The molecular formula is C21H22F7NO2. The van der Waals surface area contributed by atoms with Crippen LogP contribution in [0.15, 0.2) is 18.2 Å². The van der Waals surface area contributed by atoms with Gasteiger partial charge >= 0.3 is 18.0 Å². The summed E-state index contributed by atoms with van der Waals surface area (Å²) >= 11 is 0. The first kappa shape index (κ1) is 22.4. The third-order valence-electron chi connectivity index (χ3n) is 6.83. The highest BCUT2D eigenvalue weighted by molar-refractivity contribution is 5.80. The largest absolute Gasteiger partial charge is 0.435 e. The Hall–Kier alpha value is -1.84. The molecule has 0 aromatic heterocycles. The smallest absolute Gasteiger partial charge is 0.381 e. The minimum atomic E-state index is -6.13. The summed E-state index contributed by atoms with van der Waals surface area (Å²) in [4.78, 5) is 14.8. The Morgan fingerprint density at radius 1 is 0.935 bits per heavy atom. The molecule has 2 fully saturated rings. The lowest BCUT2D eigenvalue weighted by Gasteiger charge is -2.36. The SMILES string of the molecule is O=C(C1CCOCC1)N1CC[C@H]2c3ccc(C(F)(C(F)(F)F)C(F)(F)F)cc3CC[C@H]21. The molecule has 0 bridgehead atoms. The number of amides is 1. The molecule has 1 aromatic rings. The van der Waals surface area contributed by atoms with Crippen LogP contribution in [-0.4, -0.2) is 49.0 Å². The van der Waals surface area contributed by atoms with E-state index in [1.807, 2.05) is 4.90 Å². The van der Waals surface area contributed by atoms with Crippen molar-refractivity contribution < 1.29 is 40.3 Å². The molecule has 1 aromatic carbocycles. The maximum absolute atomic E-state index is 14.4. The van der Waals surface area contributed by atoms with Gasteiger partial charge in [0, 0.05) is 43.2 Å². The molecule has 2 aliphatic heterocycles. The topological polar surface area (TPSA) is 29.5 Å². The van der Waals surface area contributed by atoms with Crippen LogP contribution in [0, 0.1) is 5.92 Å². The summed E-state index contributed by atoms with van der Waals surface area (Å²) < 4.78 is 98.3. The third kappa shape index (κ3) is 3.60. The Balaban J connectivity index is 1.61. The van der Waals surface area contributed by atoms with Crippen molar-refractivity contribution in [3.8, 4) is 0 Å². The van der Waals surface area contributed by atoms with Gasteiger partial charge in [-0.15, -0.1) is 0 Å². The fourth-order valence-corrected chi connectivity index (χ4v) is 5.22. The van der Waals surface area contributed by atoms with Crippen LogP contribution in [0.25, 0.3) is 0 Å². The fourth-order valence-electron chi connectivity index (χ4n) is 5.22. The van der Waals surface area contributed by atoms with Gasteiger partial charge in [0.05, 0.1) is 0 Å².